The third kappa shape index (κ3) is 4.89. The molecule has 0 saturated carbocycles. The van der Waals surface area contributed by atoms with E-state index in [0.717, 1.165) is 5.69 Å². The van der Waals surface area contributed by atoms with Crippen molar-refractivity contribution in [2.45, 2.75) is 20.8 Å². The van der Waals surface area contributed by atoms with Gasteiger partial charge in [0.1, 0.15) is 0 Å². The van der Waals surface area contributed by atoms with Crippen LogP contribution in [0.25, 0.3) is 0 Å². The molecule has 2 aromatic rings. The molecule has 0 radical (unpaired) electrons. The summed E-state index contributed by atoms with van der Waals surface area (Å²) < 4.78 is 9.93. The molecule has 0 saturated heterocycles. The molecule has 1 aromatic carbocycles. The predicted octanol–water partition coefficient (Wildman–Crippen LogP) is 3.00. The Balaban J connectivity index is 2.33. The highest BCUT2D eigenvalue weighted by Gasteiger charge is 2.16. The molecule has 136 valence electrons. The Morgan fingerprint density at radius 1 is 0.923 bits per heavy atom. The van der Waals surface area contributed by atoms with Crippen molar-refractivity contribution in [2.24, 2.45) is 0 Å². The van der Waals surface area contributed by atoms with Crippen LogP contribution >= 0.6 is 0 Å². The summed E-state index contributed by atoms with van der Waals surface area (Å²) in [6, 6.07) is 7.62. The number of aryl methyl sites for hydroxylation is 1. The number of aromatic nitrogens is 1. The van der Waals surface area contributed by atoms with Gasteiger partial charge in [-0.05, 0) is 51.1 Å². The fraction of sp³-hybridized carbons (Fsp3) is 0.263. The van der Waals surface area contributed by atoms with Crippen LogP contribution in [0.15, 0.2) is 36.5 Å². The number of hydrogen-bond donors (Lipinski definition) is 1. The van der Waals surface area contributed by atoms with Gasteiger partial charge in [0.25, 0.3) is 5.91 Å². The van der Waals surface area contributed by atoms with Gasteiger partial charge in [-0.1, -0.05) is 0 Å². The van der Waals surface area contributed by atoms with Crippen LogP contribution in [0.5, 0.6) is 0 Å². The average molecular weight is 356 g/mol. The summed E-state index contributed by atoms with van der Waals surface area (Å²) in [6.07, 6.45) is 1.45. The maximum atomic E-state index is 12.4. The molecule has 2 rings (SSSR count). The number of pyridine rings is 1. The van der Waals surface area contributed by atoms with Gasteiger partial charge in [0.05, 0.1) is 29.9 Å². The van der Waals surface area contributed by atoms with Crippen molar-refractivity contribution < 1.29 is 23.9 Å². The van der Waals surface area contributed by atoms with Crippen LogP contribution in [-0.2, 0) is 9.47 Å². The van der Waals surface area contributed by atoms with E-state index < -0.39 is 17.8 Å². The van der Waals surface area contributed by atoms with Gasteiger partial charge < -0.3 is 14.8 Å². The standard InChI is InChI=1S/C19H20N2O5/c1-4-25-18(23)14-8-15(19(24)26-5-2)10-16(9-14)21-17(22)13-7-6-12(3)20-11-13/h6-11H,4-5H2,1-3H3,(H,21,22). The summed E-state index contributed by atoms with van der Waals surface area (Å²) in [5, 5.41) is 2.66. The second-order valence-corrected chi connectivity index (χ2v) is 5.38. The zero-order valence-corrected chi connectivity index (χ0v) is 14.9. The van der Waals surface area contributed by atoms with Gasteiger partial charge in [-0.2, -0.15) is 0 Å². The van der Waals surface area contributed by atoms with Gasteiger partial charge in [-0.15, -0.1) is 0 Å². The van der Waals surface area contributed by atoms with E-state index in [1.54, 1.807) is 26.0 Å². The third-order valence-electron chi connectivity index (χ3n) is 3.39. The lowest BCUT2D eigenvalue weighted by Crippen LogP contribution is -2.15. The number of nitrogens with one attached hydrogen (secondary N) is 1. The Morgan fingerprint density at radius 3 is 1.96 bits per heavy atom. The number of carbonyl (C=O) groups is 3. The second-order valence-electron chi connectivity index (χ2n) is 5.38. The van der Waals surface area contributed by atoms with E-state index in [9.17, 15) is 14.4 Å². The van der Waals surface area contributed by atoms with Crippen LogP contribution in [0.4, 0.5) is 5.69 Å². The summed E-state index contributed by atoms with van der Waals surface area (Å²) in [5.41, 5.74) is 1.72. The van der Waals surface area contributed by atoms with E-state index in [-0.39, 0.29) is 30.0 Å². The van der Waals surface area contributed by atoms with Crippen molar-refractivity contribution in [1.29, 1.82) is 0 Å². The molecule has 0 aliphatic carbocycles. The molecule has 0 bridgehead atoms. The highest BCUT2D eigenvalue weighted by atomic mass is 16.5. The molecule has 26 heavy (non-hydrogen) atoms. The molecule has 1 N–H and O–H groups in total. The smallest absolute Gasteiger partial charge is 0.338 e. The van der Waals surface area contributed by atoms with Gasteiger partial charge in [0.2, 0.25) is 0 Å². The molecule has 1 aromatic heterocycles. The Kier molecular flexibility index (Phi) is 6.43. The zero-order valence-electron chi connectivity index (χ0n) is 14.9. The molecule has 1 heterocycles. The molecule has 0 aliphatic heterocycles. The Morgan fingerprint density at radius 2 is 1.50 bits per heavy atom. The van der Waals surface area contributed by atoms with E-state index >= 15 is 0 Å². The van der Waals surface area contributed by atoms with Crippen molar-refractivity contribution in [3.63, 3.8) is 0 Å². The number of carbonyl (C=O) groups excluding carboxylic acids is 3. The first-order valence-corrected chi connectivity index (χ1v) is 8.18. The number of rotatable bonds is 6. The predicted molar refractivity (Wildman–Crippen MR) is 95.3 cm³/mol. The third-order valence-corrected chi connectivity index (χ3v) is 3.39. The number of nitrogens with zero attached hydrogens (tertiary/aromatic N) is 1. The van der Waals surface area contributed by atoms with E-state index in [1.807, 2.05) is 6.92 Å². The fourth-order valence-electron chi connectivity index (χ4n) is 2.17. The number of hydrogen-bond acceptors (Lipinski definition) is 6. The fourth-order valence-corrected chi connectivity index (χ4v) is 2.17. The molecule has 1 amide bonds. The highest BCUT2D eigenvalue weighted by molar-refractivity contribution is 6.05. The van der Waals surface area contributed by atoms with Gasteiger partial charge in [0.15, 0.2) is 0 Å². The zero-order chi connectivity index (χ0) is 19.1. The first kappa shape index (κ1) is 19.1. The monoisotopic (exact) mass is 356 g/mol. The topological polar surface area (TPSA) is 94.6 Å². The van der Waals surface area contributed by atoms with E-state index in [1.165, 1.54) is 24.4 Å². The van der Waals surface area contributed by atoms with Crippen LogP contribution in [-0.4, -0.2) is 36.0 Å². The summed E-state index contributed by atoms with van der Waals surface area (Å²) in [4.78, 5) is 40.5. The lowest BCUT2D eigenvalue weighted by atomic mass is 10.1. The minimum absolute atomic E-state index is 0.148. The molecule has 0 spiro atoms. The van der Waals surface area contributed by atoms with Crippen LogP contribution in [0.1, 0.15) is 50.6 Å². The first-order chi connectivity index (χ1) is 12.4. The molecule has 0 fully saturated rings. The largest absolute Gasteiger partial charge is 0.462 e. The normalized spacial score (nSPS) is 10.1. The van der Waals surface area contributed by atoms with E-state index in [4.69, 9.17) is 9.47 Å². The average Bonchev–Trinajstić information content (AvgIpc) is 2.62. The van der Waals surface area contributed by atoms with E-state index in [0.29, 0.717) is 5.56 Å². The lowest BCUT2D eigenvalue weighted by molar-refractivity contribution is 0.0525. The second kappa shape index (κ2) is 8.75. The summed E-state index contributed by atoms with van der Waals surface area (Å²) >= 11 is 0. The summed E-state index contributed by atoms with van der Waals surface area (Å²) in [7, 11) is 0. The van der Waals surface area contributed by atoms with Crippen LogP contribution in [0.2, 0.25) is 0 Å². The maximum Gasteiger partial charge on any atom is 0.338 e. The van der Waals surface area contributed by atoms with Crippen molar-refractivity contribution in [3.8, 4) is 0 Å². The molecule has 7 nitrogen and oxygen atoms in total. The van der Waals surface area contributed by atoms with Gasteiger partial charge >= 0.3 is 11.9 Å². The van der Waals surface area contributed by atoms with Crippen LogP contribution in [0.3, 0.4) is 0 Å². The quantitative estimate of drug-likeness (QED) is 0.800. The molecule has 0 atom stereocenters. The van der Waals surface area contributed by atoms with E-state index in [2.05, 4.69) is 10.3 Å². The Labute approximate surface area is 151 Å². The maximum absolute atomic E-state index is 12.4. The Hall–Kier alpha value is -3.22. The first-order valence-electron chi connectivity index (χ1n) is 8.18. The van der Waals surface area contributed by atoms with Gasteiger partial charge in [-0.25, -0.2) is 9.59 Å². The molecule has 0 unspecified atom stereocenters. The van der Waals surface area contributed by atoms with Crippen molar-refractivity contribution in [1.82, 2.24) is 4.98 Å². The SMILES string of the molecule is CCOC(=O)c1cc(NC(=O)c2ccc(C)nc2)cc(C(=O)OCC)c1. The highest BCUT2D eigenvalue weighted by Crippen LogP contribution is 2.18. The number of anilines is 1. The van der Waals surface area contributed by atoms with Crippen LogP contribution < -0.4 is 5.32 Å². The number of esters is 2. The van der Waals surface area contributed by atoms with Crippen molar-refractivity contribution in [2.75, 3.05) is 18.5 Å². The Bertz CT molecular complexity index is 779. The molecular weight excluding hydrogens is 336 g/mol. The molecule has 0 aliphatic rings. The van der Waals surface area contributed by atoms with Crippen LogP contribution in [0, 0.1) is 6.92 Å². The summed E-state index contributed by atoms with van der Waals surface area (Å²) in [5.74, 6) is -1.59. The molecule has 7 heteroatoms. The van der Waals surface area contributed by atoms with Gasteiger partial charge in [0, 0.05) is 17.6 Å². The minimum atomic E-state index is -0.592. The lowest BCUT2D eigenvalue weighted by Gasteiger charge is -2.10. The number of ether oxygens (including phenoxy) is 2. The number of amides is 1. The summed E-state index contributed by atoms with van der Waals surface area (Å²) in [6.45, 7) is 5.56. The van der Waals surface area contributed by atoms with Crippen molar-refractivity contribution in [3.05, 3.63) is 58.9 Å². The number of benzene rings is 1. The van der Waals surface area contributed by atoms with Gasteiger partial charge in [-0.3, -0.25) is 9.78 Å². The minimum Gasteiger partial charge on any atom is -0.462 e. The van der Waals surface area contributed by atoms with Crippen molar-refractivity contribution >= 4 is 23.5 Å². The molecular formula is C19H20N2O5.